The van der Waals surface area contributed by atoms with Gasteiger partial charge in [-0.2, -0.15) is 0 Å². The molecule has 2 heteroatoms. The van der Waals surface area contributed by atoms with Gasteiger partial charge in [-0.25, -0.2) is 0 Å². The van der Waals surface area contributed by atoms with Gasteiger partial charge in [0.25, 0.3) is 0 Å². The maximum Gasteiger partial charge on any atom is 0.222 e. The predicted octanol–water partition coefficient (Wildman–Crippen LogP) is 7.17. The Morgan fingerprint density at radius 3 is 2.40 bits per heavy atom. The molecule has 1 amide bonds. The molecule has 1 aliphatic heterocycles. The van der Waals surface area contributed by atoms with Crippen LogP contribution in [-0.4, -0.2) is 23.9 Å². The third-order valence-electron chi connectivity index (χ3n) is 11.1. The number of hydrogen-bond acceptors (Lipinski definition) is 1. The van der Waals surface area contributed by atoms with Crippen LogP contribution in [0, 0.1) is 52.3 Å². The first-order valence-corrected chi connectivity index (χ1v) is 13.3. The molecule has 172 valence electrons. The standard InChI is InChI=1S/C28H49NO/c1-18(2)9-8-10-19(3)21-11-12-22-26-20(4)17-24-28(6,16-14-25(30)29(24)7)23(26)13-15-27(21,22)5/h18-24,26H,8-17H2,1-7H3/t19-,20+,21-,22+,23+,24?,26+,27-,28-/m1/s1. The van der Waals surface area contributed by atoms with E-state index < -0.39 is 0 Å². The van der Waals surface area contributed by atoms with Gasteiger partial charge in [0.1, 0.15) is 0 Å². The Labute approximate surface area is 186 Å². The summed E-state index contributed by atoms with van der Waals surface area (Å²) in [5, 5.41) is 0. The number of fused-ring (bicyclic) bond motifs is 5. The van der Waals surface area contributed by atoms with Gasteiger partial charge < -0.3 is 4.90 Å². The van der Waals surface area contributed by atoms with E-state index in [1.807, 2.05) is 0 Å². The van der Waals surface area contributed by atoms with Crippen LogP contribution in [0.15, 0.2) is 0 Å². The normalized spacial score (nSPS) is 47.1. The minimum atomic E-state index is 0.349. The molecule has 3 saturated carbocycles. The second kappa shape index (κ2) is 8.11. The molecular formula is C28H49NO. The van der Waals surface area contributed by atoms with Crippen LogP contribution in [0.5, 0.6) is 0 Å². The average molecular weight is 416 g/mol. The molecule has 9 atom stereocenters. The lowest BCUT2D eigenvalue weighted by Crippen LogP contribution is -2.63. The van der Waals surface area contributed by atoms with Crippen molar-refractivity contribution >= 4 is 5.91 Å². The Balaban J connectivity index is 1.53. The fourth-order valence-electron chi connectivity index (χ4n) is 9.49. The van der Waals surface area contributed by atoms with Gasteiger partial charge in [-0.3, -0.25) is 4.79 Å². The van der Waals surface area contributed by atoms with E-state index >= 15 is 0 Å². The molecule has 0 N–H and O–H groups in total. The zero-order valence-corrected chi connectivity index (χ0v) is 21.0. The van der Waals surface area contributed by atoms with E-state index in [2.05, 4.69) is 53.5 Å². The molecule has 4 rings (SSSR count). The smallest absolute Gasteiger partial charge is 0.222 e. The highest BCUT2D eigenvalue weighted by atomic mass is 16.2. The van der Waals surface area contributed by atoms with Gasteiger partial charge in [0.05, 0.1) is 0 Å². The van der Waals surface area contributed by atoms with Gasteiger partial charge in [0.2, 0.25) is 5.91 Å². The van der Waals surface area contributed by atoms with Crippen molar-refractivity contribution in [1.82, 2.24) is 4.90 Å². The molecule has 4 fully saturated rings. The Morgan fingerprint density at radius 1 is 1.00 bits per heavy atom. The van der Waals surface area contributed by atoms with Crippen molar-refractivity contribution in [2.75, 3.05) is 7.05 Å². The van der Waals surface area contributed by atoms with Gasteiger partial charge in [-0.1, -0.05) is 60.8 Å². The lowest BCUT2D eigenvalue weighted by atomic mass is 9.44. The number of carbonyl (C=O) groups is 1. The zero-order chi connectivity index (χ0) is 21.8. The highest BCUT2D eigenvalue weighted by molar-refractivity contribution is 5.77. The molecule has 1 unspecified atom stereocenters. The molecule has 0 aromatic rings. The van der Waals surface area contributed by atoms with Gasteiger partial charge in [0.15, 0.2) is 0 Å². The summed E-state index contributed by atoms with van der Waals surface area (Å²) in [7, 11) is 2.09. The summed E-state index contributed by atoms with van der Waals surface area (Å²) in [6.45, 7) is 15.1. The van der Waals surface area contributed by atoms with Crippen molar-refractivity contribution in [1.29, 1.82) is 0 Å². The van der Waals surface area contributed by atoms with Crippen LogP contribution in [0.1, 0.15) is 106 Å². The summed E-state index contributed by atoms with van der Waals surface area (Å²) < 4.78 is 0. The number of carbonyl (C=O) groups excluding carboxylic acids is 1. The first kappa shape index (κ1) is 22.7. The van der Waals surface area contributed by atoms with Crippen molar-refractivity contribution in [2.45, 2.75) is 112 Å². The van der Waals surface area contributed by atoms with Crippen molar-refractivity contribution < 1.29 is 4.79 Å². The van der Waals surface area contributed by atoms with E-state index in [-0.39, 0.29) is 0 Å². The topological polar surface area (TPSA) is 20.3 Å². The van der Waals surface area contributed by atoms with Crippen molar-refractivity contribution in [3.63, 3.8) is 0 Å². The lowest BCUT2D eigenvalue weighted by molar-refractivity contribution is -0.167. The van der Waals surface area contributed by atoms with E-state index in [0.717, 1.165) is 54.3 Å². The van der Waals surface area contributed by atoms with Crippen molar-refractivity contribution in [3.05, 3.63) is 0 Å². The molecular weight excluding hydrogens is 366 g/mol. The first-order chi connectivity index (χ1) is 14.1. The average Bonchev–Trinajstić information content (AvgIpc) is 3.03. The van der Waals surface area contributed by atoms with Crippen LogP contribution in [-0.2, 0) is 4.79 Å². The minimum absolute atomic E-state index is 0.349. The Morgan fingerprint density at radius 2 is 1.70 bits per heavy atom. The molecule has 0 bridgehead atoms. The molecule has 0 spiro atoms. The zero-order valence-electron chi connectivity index (χ0n) is 21.0. The van der Waals surface area contributed by atoms with Crippen molar-refractivity contribution in [2.24, 2.45) is 52.3 Å². The molecule has 30 heavy (non-hydrogen) atoms. The summed E-state index contributed by atoms with van der Waals surface area (Å²) >= 11 is 0. The van der Waals surface area contributed by atoms with Crippen LogP contribution in [0.2, 0.25) is 0 Å². The summed E-state index contributed by atoms with van der Waals surface area (Å²) in [4.78, 5) is 14.6. The van der Waals surface area contributed by atoms with E-state index in [1.165, 1.54) is 51.4 Å². The number of piperidine rings is 1. The van der Waals surface area contributed by atoms with E-state index in [0.29, 0.717) is 22.8 Å². The number of rotatable bonds is 5. The van der Waals surface area contributed by atoms with E-state index in [4.69, 9.17) is 0 Å². The largest absolute Gasteiger partial charge is 0.342 e. The van der Waals surface area contributed by atoms with Crippen LogP contribution >= 0.6 is 0 Å². The number of amides is 1. The van der Waals surface area contributed by atoms with Gasteiger partial charge >= 0.3 is 0 Å². The molecule has 1 heterocycles. The molecule has 0 radical (unpaired) electrons. The number of hydrogen-bond donors (Lipinski definition) is 0. The predicted molar refractivity (Wildman–Crippen MR) is 126 cm³/mol. The summed E-state index contributed by atoms with van der Waals surface area (Å²) in [5.41, 5.74) is 0.911. The number of nitrogens with zero attached hydrogens (tertiary/aromatic N) is 1. The molecule has 2 nitrogen and oxygen atoms in total. The van der Waals surface area contributed by atoms with Gasteiger partial charge in [-0.05, 0) is 90.8 Å². The van der Waals surface area contributed by atoms with Crippen molar-refractivity contribution in [3.8, 4) is 0 Å². The quantitative estimate of drug-likeness (QED) is 0.466. The fraction of sp³-hybridized carbons (Fsp3) is 0.964. The van der Waals surface area contributed by atoms with Crippen LogP contribution < -0.4 is 0 Å². The Bertz CT molecular complexity index is 643. The summed E-state index contributed by atoms with van der Waals surface area (Å²) in [5.74, 6) is 6.46. The Kier molecular flexibility index (Phi) is 6.12. The van der Waals surface area contributed by atoms with E-state index in [1.54, 1.807) is 0 Å². The van der Waals surface area contributed by atoms with Crippen LogP contribution in [0.4, 0.5) is 0 Å². The first-order valence-electron chi connectivity index (χ1n) is 13.3. The van der Waals surface area contributed by atoms with Gasteiger partial charge in [0, 0.05) is 19.5 Å². The second-order valence-corrected chi connectivity index (χ2v) is 13.1. The minimum Gasteiger partial charge on any atom is -0.342 e. The maximum atomic E-state index is 12.5. The highest BCUT2D eigenvalue weighted by Crippen LogP contribution is 2.68. The van der Waals surface area contributed by atoms with Gasteiger partial charge in [-0.15, -0.1) is 0 Å². The molecule has 0 aromatic heterocycles. The molecule has 3 aliphatic carbocycles. The van der Waals surface area contributed by atoms with Crippen LogP contribution in [0.3, 0.4) is 0 Å². The highest BCUT2D eigenvalue weighted by Gasteiger charge is 2.63. The van der Waals surface area contributed by atoms with Crippen LogP contribution in [0.25, 0.3) is 0 Å². The summed E-state index contributed by atoms with van der Waals surface area (Å²) in [6, 6.07) is 0.478. The SMILES string of the molecule is CC(C)CCC[C@@H](C)[C@H]1CC[C@H]2[C@@H]3[C@@H](C)CC4N(C)C(=O)CC[C@]4(C)[C@H]3CC[C@]12C. The summed E-state index contributed by atoms with van der Waals surface area (Å²) in [6.07, 6.45) is 13.2. The monoisotopic (exact) mass is 415 g/mol. The third-order valence-corrected chi connectivity index (χ3v) is 11.1. The third kappa shape index (κ3) is 3.47. The molecule has 1 saturated heterocycles. The molecule has 0 aromatic carbocycles. The maximum absolute atomic E-state index is 12.5. The molecule has 4 aliphatic rings. The van der Waals surface area contributed by atoms with E-state index in [9.17, 15) is 4.79 Å². The Hall–Kier alpha value is -0.530. The second-order valence-electron chi connectivity index (χ2n) is 13.1. The number of likely N-dealkylation sites (tertiary alicyclic amines) is 1. The lowest BCUT2D eigenvalue weighted by Gasteiger charge is -2.64. The fourth-order valence-corrected chi connectivity index (χ4v) is 9.49.